The van der Waals surface area contributed by atoms with Gasteiger partial charge in [-0.3, -0.25) is 0 Å². The minimum Gasteiger partial charge on any atom is -0.246 e. The van der Waals surface area contributed by atoms with Crippen LogP contribution in [0.1, 0.15) is 17.5 Å². The molecule has 13 heavy (non-hydrogen) atoms. The Bertz CT molecular complexity index is 330. The van der Waals surface area contributed by atoms with Crippen molar-refractivity contribution < 1.29 is 4.39 Å². The van der Waals surface area contributed by atoms with Gasteiger partial charge in [-0.25, -0.2) is 4.39 Å². The number of hydrogen-bond donors (Lipinski definition) is 0. The molecule has 0 aliphatic carbocycles. The Balaban J connectivity index is 2.78. The summed E-state index contributed by atoms with van der Waals surface area (Å²) in [5.74, 6) is 0. The monoisotopic (exact) mass is 197 g/mol. The molecule has 1 aromatic carbocycles. The van der Waals surface area contributed by atoms with E-state index in [-0.39, 0.29) is 0 Å². The van der Waals surface area contributed by atoms with Crippen molar-refractivity contribution in [3.05, 3.63) is 34.3 Å². The molecule has 0 bridgehead atoms. The van der Waals surface area contributed by atoms with Gasteiger partial charge in [0.25, 0.3) is 0 Å². The summed E-state index contributed by atoms with van der Waals surface area (Å²) in [7, 11) is 0. The lowest BCUT2D eigenvalue weighted by Gasteiger charge is -2.01. The molecule has 0 atom stereocenters. The molecule has 3 heteroatoms. The van der Waals surface area contributed by atoms with E-state index >= 15 is 0 Å². The maximum atomic E-state index is 12.2. The lowest BCUT2D eigenvalue weighted by atomic mass is 10.1. The second-order valence-corrected chi connectivity index (χ2v) is 3.12. The van der Waals surface area contributed by atoms with E-state index in [2.05, 4.69) is 0 Å². The van der Waals surface area contributed by atoms with Crippen molar-refractivity contribution in [2.45, 2.75) is 19.5 Å². The molecule has 0 fully saturated rings. The predicted octanol–water partition coefficient (Wildman–Crippen LogP) is 3.27. The molecule has 0 aliphatic heterocycles. The van der Waals surface area contributed by atoms with E-state index in [0.29, 0.717) is 23.4 Å². The van der Waals surface area contributed by atoms with Crippen LogP contribution in [0.15, 0.2) is 18.2 Å². The molecule has 0 saturated heterocycles. The van der Waals surface area contributed by atoms with Gasteiger partial charge in [0, 0.05) is 17.0 Å². The summed E-state index contributed by atoms with van der Waals surface area (Å²) in [6.45, 7) is -0.544. The first-order chi connectivity index (χ1) is 6.27. The van der Waals surface area contributed by atoms with Crippen molar-refractivity contribution in [2.75, 3.05) is 0 Å². The van der Waals surface area contributed by atoms with Crippen molar-refractivity contribution in [3.63, 3.8) is 0 Å². The van der Waals surface area contributed by atoms with Gasteiger partial charge >= 0.3 is 0 Å². The average Bonchev–Trinajstić information content (AvgIpc) is 2.15. The van der Waals surface area contributed by atoms with E-state index in [4.69, 9.17) is 16.9 Å². The van der Waals surface area contributed by atoms with Gasteiger partial charge in [0.2, 0.25) is 0 Å². The van der Waals surface area contributed by atoms with E-state index in [1.807, 2.05) is 6.07 Å². The molecule has 0 spiro atoms. The normalized spacial score (nSPS) is 9.62. The molecule has 0 amide bonds. The molecule has 0 N–H and O–H groups in total. The quantitative estimate of drug-likeness (QED) is 0.730. The number of benzene rings is 1. The van der Waals surface area contributed by atoms with E-state index in [9.17, 15) is 4.39 Å². The Morgan fingerprint density at radius 3 is 2.77 bits per heavy atom. The van der Waals surface area contributed by atoms with E-state index < -0.39 is 6.67 Å². The van der Waals surface area contributed by atoms with Crippen molar-refractivity contribution >= 4 is 11.6 Å². The van der Waals surface area contributed by atoms with Crippen LogP contribution in [0.3, 0.4) is 0 Å². The van der Waals surface area contributed by atoms with Gasteiger partial charge in [-0.2, -0.15) is 5.26 Å². The number of nitrogens with zero attached hydrogens (tertiary/aromatic N) is 1. The van der Waals surface area contributed by atoms with Crippen LogP contribution >= 0.6 is 11.6 Å². The number of alkyl halides is 1. The predicted molar refractivity (Wildman–Crippen MR) is 50.2 cm³/mol. The van der Waals surface area contributed by atoms with Crippen LogP contribution in [-0.4, -0.2) is 0 Å². The molecule has 0 heterocycles. The molecule has 0 aromatic heterocycles. The first-order valence-electron chi connectivity index (χ1n) is 3.98. The van der Waals surface area contributed by atoms with Gasteiger partial charge < -0.3 is 0 Å². The number of aryl methyl sites for hydroxylation is 1. The Morgan fingerprint density at radius 2 is 2.23 bits per heavy atom. The highest BCUT2D eigenvalue weighted by Gasteiger charge is 2.00. The third kappa shape index (κ3) is 2.71. The molecule has 0 aliphatic rings. The Morgan fingerprint density at radius 1 is 1.46 bits per heavy atom. The van der Waals surface area contributed by atoms with Crippen molar-refractivity contribution in [3.8, 4) is 6.07 Å². The smallest absolute Gasteiger partial charge is 0.116 e. The highest BCUT2D eigenvalue weighted by atomic mass is 35.5. The lowest BCUT2D eigenvalue weighted by Crippen LogP contribution is -1.87. The molecule has 1 aromatic rings. The molecule has 0 unspecified atom stereocenters. The molecule has 1 rings (SSSR count). The number of halogens is 2. The van der Waals surface area contributed by atoms with Crippen LogP contribution < -0.4 is 0 Å². The SMILES string of the molecule is N#CCCc1ccc(CF)c(Cl)c1. The van der Waals surface area contributed by atoms with E-state index in [1.54, 1.807) is 18.2 Å². The second-order valence-electron chi connectivity index (χ2n) is 2.72. The zero-order valence-electron chi connectivity index (χ0n) is 7.06. The first-order valence-corrected chi connectivity index (χ1v) is 4.36. The molecular weight excluding hydrogens is 189 g/mol. The highest BCUT2D eigenvalue weighted by molar-refractivity contribution is 6.31. The van der Waals surface area contributed by atoms with E-state index in [0.717, 1.165) is 5.56 Å². The van der Waals surface area contributed by atoms with Gasteiger partial charge in [-0.05, 0) is 18.1 Å². The molecule has 1 nitrogen and oxygen atoms in total. The van der Waals surface area contributed by atoms with E-state index in [1.165, 1.54) is 0 Å². The van der Waals surface area contributed by atoms with Gasteiger partial charge in [0.15, 0.2) is 0 Å². The van der Waals surface area contributed by atoms with Gasteiger partial charge in [0.05, 0.1) is 6.07 Å². The third-order valence-corrected chi connectivity index (χ3v) is 2.14. The van der Waals surface area contributed by atoms with Crippen LogP contribution in [0, 0.1) is 11.3 Å². The Labute approximate surface area is 81.8 Å². The largest absolute Gasteiger partial charge is 0.246 e. The molecule has 0 saturated carbocycles. The van der Waals surface area contributed by atoms with Gasteiger partial charge in [-0.1, -0.05) is 23.7 Å². The van der Waals surface area contributed by atoms with Crippen molar-refractivity contribution in [1.29, 1.82) is 5.26 Å². The summed E-state index contributed by atoms with van der Waals surface area (Å²) >= 11 is 5.79. The Hall–Kier alpha value is -1.07. The average molecular weight is 198 g/mol. The highest BCUT2D eigenvalue weighted by Crippen LogP contribution is 2.19. The van der Waals surface area contributed by atoms with Gasteiger partial charge in [0.1, 0.15) is 6.67 Å². The molecule has 68 valence electrons. The number of rotatable bonds is 3. The van der Waals surface area contributed by atoms with Gasteiger partial charge in [-0.15, -0.1) is 0 Å². The molecular formula is C10H9ClFN. The summed E-state index contributed by atoms with van der Waals surface area (Å²) in [6.07, 6.45) is 1.13. The summed E-state index contributed by atoms with van der Waals surface area (Å²) in [6, 6.07) is 7.23. The fraction of sp³-hybridized carbons (Fsp3) is 0.300. The maximum absolute atomic E-state index is 12.2. The Kier molecular flexibility index (Phi) is 3.72. The zero-order chi connectivity index (χ0) is 9.68. The van der Waals surface area contributed by atoms with Crippen LogP contribution in [0.4, 0.5) is 4.39 Å². The summed E-state index contributed by atoms with van der Waals surface area (Å²) in [5, 5.41) is 8.80. The maximum Gasteiger partial charge on any atom is 0.116 e. The fourth-order valence-corrected chi connectivity index (χ4v) is 1.31. The molecule has 0 radical (unpaired) electrons. The zero-order valence-corrected chi connectivity index (χ0v) is 7.81. The second kappa shape index (κ2) is 4.84. The number of nitriles is 1. The summed E-state index contributed by atoms with van der Waals surface area (Å²) in [4.78, 5) is 0. The fourth-order valence-electron chi connectivity index (χ4n) is 1.05. The number of hydrogen-bond acceptors (Lipinski definition) is 1. The minimum atomic E-state index is -0.544. The summed E-state index contributed by atoms with van der Waals surface area (Å²) < 4.78 is 12.2. The van der Waals surface area contributed by atoms with Crippen molar-refractivity contribution in [2.24, 2.45) is 0 Å². The van der Waals surface area contributed by atoms with Crippen LogP contribution in [0.2, 0.25) is 5.02 Å². The lowest BCUT2D eigenvalue weighted by molar-refractivity contribution is 0.485. The van der Waals surface area contributed by atoms with Crippen LogP contribution in [0.5, 0.6) is 0 Å². The standard InChI is InChI=1S/C10H9ClFN/c11-10-6-8(2-1-5-13)3-4-9(10)7-12/h3-4,6H,1-2,7H2. The van der Waals surface area contributed by atoms with Crippen molar-refractivity contribution in [1.82, 2.24) is 0 Å². The third-order valence-electron chi connectivity index (χ3n) is 1.79. The summed E-state index contributed by atoms with van der Waals surface area (Å²) in [5.41, 5.74) is 1.48. The van der Waals surface area contributed by atoms with Crippen LogP contribution in [0.25, 0.3) is 0 Å². The first kappa shape index (κ1) is 10.0. The minimum absolute atomic E-state index is 0.443. The topological polar surface area (TPSA) is 23.8 Å². The van der Waals surface area contributed by atoms with Crippen LogP contribution in [-0.2, 0) is 13.1 Å².